The van der Waals surface area contributed by atoms with Crippen molar-refractivity contribution in [3.05, 3.63) is 36.2 Å². The molecule has 0 saturated heterocycles. The first-order chi connectivity index (χ1) is 11.3. The molecule has 2 heterocycles. The number of nitrogens with one attached hydrogen (secondary N) is 1. The maximum absolute atomic E-state index is 11.9. The maximum atomic E-state index is 11.9. The largest absolute Gasteiger partial charge is 0.384 e. The summed E-state index contributed by atoms with van der Waals surface area (Å²) in [4.78, 5) is 11.9. The molecule has 3 rings (SSSR count). The van der Waals surface area contributed by atoms with Crippen molar-refractivity contribution >= 4 is 5.91 Å². The molecule has 1 aliphatic heterocycles. The molecule has 0 spiro atoms. The Hall–Kier alpha value is -2.21. The number of methoxy groups -OCH3 is 1. The lowest BCUT2D eigenvalue weighted by Gasteiger charge is -2.16. The third-order valence-corrected chi connectivity index (χ3v) is 4.18. The van der Waals surface area contributed by atoms with Crippen molar-refractivity contribution in [2.24, 2.45) is 0 Å². The molecule has 1 aromatic carbocycles. The Morgan fingerprint density at radius 1 is 1.30 bits per heavy atom. The van der Waals surface area contributed by atoms with E-state index in [0.29, 0.717) is 13.0 Å². The van der Waals surface area contributed by atoms with Gasteiger partial charge in [-0.05, 0) is 12.8 Å². The zero-order valence-corrected chi connectivity index (χ0v) is 13.4. The van der Waals surface area contributed by atoms with E-state index in [0.717, 1.165) is 43.0 Å². The average molecular weight is 314 g/mol. The second-order valence-electron chi connectivity index (χ2n) is 5.79. The van der Waals surface area contributed by atoms with Crippen LogP contribution in [0.1, 0.15) is 25.1 Å². The minimum absolute atomic E-state index is 0.0535. The summed E-state index contributed by atoms with van der Waals surface area (Å²) in [6, 6.07) is 10.3. The first kappa shape index (κ1) is 15.7. The fraction of sp³-hybridized carbons (Fsp3) is 0.471. The van der Waals surface area contributed by atoms with Crippen LogP contribution in [0.4, 0.5) is 0 Å². The van der Waals surface area contributed by atoms with Crippen LogP contribution in [0.3, 0.4) is 0 Å². The van der Waals surface area contributed by atoms with E-state index in [-0.39, 0.29) is 11.9 Å². The van der Waals surface area contributed by atoms with Crippen LogP contribution in [0, 0.1) is 0 Å². The highest BCUT2D eigenvalue weighted by Crippen LogP contribution is 2.22. The summed E-state index contributed by atoms with van der Waals surface area (Å²) in [7, 11) is 1.61. The number of benzene rings is 1. The van der Waals surface area contributed by atoms with E-state index in [1.54, 1.807) is 7.11 Å². The highest BCUT2D eigenvalue weighted by Gasteiger charge is 2.21. The molecule has 0 saturated carbocycles. The van der Waals surface area contributed by atoms with Crippen molar-refractivity contribution < 1.29 is 9.53 Å². The molecule has 6 nitrogen and oxygen atoms in total. The highest BCUT2D eigenvalue weighted by atomic mass is 16.5. The normalized spacial score (nSPS) is 17.3. The number of hydrogen-bond donors (Lipinski definition) is 1. The zero-order valence-electron chi connectivity index (χ0n) is 13.4. The van der Waals surface area contributed by atoms with Crippen LogP contribution in [0.2, 0.25) is 0 Å². The number of hydrogen-bond acceptors (Lipinski definition) is 4. The molecule has 0 aliphatic carbocycles. The predicted octanol–water partition coefficient (Wildman–Crippen LogP) is 1.80. The van der Waals surface area contributed by atoms with Crippen LogP contribution < -0.4 is 5.32 Å². The summed E-state index contributed by atoms with van der Waals surface area (Å²) >= 11 is 0. The van der Waals surface area contributed by atoms with Gasteiger partial charge in [0.1, 0.15) is 5.82 Å². The lowest BCUT2D eigenvalue weighted by atomic mass is 10.1. The number of carbonyl (C=O) groups excluding carboxylic acids is 1. The van der Waals surface area contributed by atoms with Crippen LogP contribution >= 0.6 is 0 Å². The van der Waals surface area contributed by atoms with E-state index < -0.39 is 0 Å². The van der Waals surface area contributed by atoms with Crippen molar-refractivity contribution in [3.8, 4) is 11.4 Å². The smallest absolute Gasteiger partial charge is 0.222 e. The lowest BCUT2D eigenvalue weighted by Crippen LogP contribution is -2.35. The number of carbonyl (C=O) groups is 1. The summed E-state index contributed by atoms with van der Waals surface area (Å²) in [5, 5.41) is 11.8. The van der Waals surface area contributed by atoms with Gasteiger partial charge in [-0.15, -0.1) is 10.2 Å². The van der Waals surface area contributed by atoms with Crippen LogP contribution in [0.25, 0.3) is 11.4 Å². The van der Waals surface area contributed by atoms with E-state index in [1.807, 2.05) is 30.3 Å². The Morgan fingerprint density at radius 3 is 2.91 bits per heavy atom. The van der Waals surface area contributed by atoms with Gasteiger partial charge < -0.3 is 14.6 Å². The van der Waals surface area contributed by atoms with E-state index in [2.05, 4.69) is 20.1 Å². The second kappa shape index (κ2) is 7.37. The highest BCUT2D eigenvalue weighted by molar-refractivity contribution is 5.76. The van der Waals surface area contributed by atoms with Crippen molar-refractivity contribution in [2.75, 3.05) is 13.7 Å². The van der Waals surface area contributed by atoms with Crippen molar-refractivity contribution in [2.45, 2.75) is 38.3 Å². The maximum Gasteiger partial charge on any atom is 0.222 e. The third kappa shape index (κ3) is 3.76. The molecule has 0 bridgehead atoms. The molecule has 6 heteroatoms. The van der Waals surface area contributed by atoms with Crippen molar-refractivity contribution in [1.82, 2.24) is 20.1 Å². The van der Waals surface area contributed by atoms with Gasteiger partial charge in [0.05, 0.1) is 6.61 Å². The Kier molecular flexibility index (Phi) is 5.02. The first-order valence-electron chi connectivity index (χ1n) is 8.03. The van der Waals surface area contributed by atoms with E-state index in [1.165, 1.54) is 0 Å². The zero-order chi connectivity index (χ0) is 16.1. The molecule has 1 N–H and O–H groups in total. The second-order valence-corrected chi connectivity index (χ2v) is 5.79. The molecule has 1 atom stereocenters. The number of ether oxygens (including phenoxy) is 1. The van der Waals surface area contributed by atoms with Crippen molar-refractivity contribution in [1.29, 1.82) is 0 Å². The molecule has 0 radical (unpaired) electrons. The molecule has 1 aliphatic rings. The van der Waals surface area contributed by atoms with Crippen LogP contribution in [-0.2, 0) is 22.5 Å². The topological polar surface area (TPSA) is 69.0 Å². The Bertz CT molecular complexity index is 654. The number of aryl methyl sites for hydroxylation is 1. The number of fused-ring (bicyclic) bond motifs is 1. The quantitative estimate of drug-likeness (QED) is 0.914. The van der Waals surface area contributed by atoms with Gasteiger partial charge in [0.25, 0.3) is 0 Å². The molecular weight excluding hydrogens is 292 g/mol. The summed E-state index contributed by atoms with van der Waals surface area (Å²) in [5.41, 5.74) is 1.08. The Balaban J connectivity index is 1.67. The minimum Gasteiger partial charge on any atom is -0.384 e. The number of rotatable bonds is 5. The fourth-order valence-electron chi connectivity index (χ4n) is 2.93. The average Bonchev–Trinajstić information content (AvgIpc) is 2.89. The van der Waals surface area contributed by atoms with Gasteiger partial charge >= 0.3 is 0 Å². The molecular formula is C17H22N4O2. The van der Waals surface area contributed by atoms with Gasteiger partial charge in [-0.2, -0.15) is 0 Å². The summed E-state index contributed by atoms with van der Waals surface area (Å²) in [5.74, 6) is 1.96. The summed E-state index contributed by atoms with van der Waals surface area (Å²) in [6.45, 7) is 1.28. The molecule has 1 unspecified atom stereocenters. The number of amides is 1. The van der Waals surface area contributed by atoms with Gasteiger partial charge in [0, 0.05) is 38.1 Å². The van der Waals surface area contributed by atoms with Crippen LogP contribution in [0.15, 0.2) is 30.3 Å². The van der Waals surface area contributed by atoms with Crippen LogP contribution in [-0.4, -0.2) is 40.4 Å². The van der Waals surface area contributed by atoms with E-state index in [9.17, 15) is 4.79 Å². The minimum atomic E-state index is 0.0535. The number of aromatic nitrogens is 3. The van der Waals surface area contributed by atoms with Gasteiger partial charge in [0.2, 0.25) is 5.91 Å². The third-order valence-electron chi connectivity index (χ3n) is 4.18. The Labute approximate surface area is 135 Å². The molecule has 1 amide bonds. The summed E-state index contributed by atoms with van der Waals surface area (Å²) < 4.78 is 7.12. The van der Waals surface area contributed by atoms with Gasteiger partial charge in [0.15, 0.2) is 5.82 Å². The van der Waals surface area contributed by atoms with Gasteiger partial charge in [-0.25, -0.2) is 0 Å². The summed E-state index contributed by atoms with van der Waals surface area (Å²) in [6.07, 6.45) is 3.03. The van der Waals surface area contributed by atoms with Crippen molar-refractivity contribution in [3.63, 3.8) is 0 Å². The van der Waals surface area contributed by atoms with E-state index in [4.69, 9.17) is 4.74 Å². The SMILES string of the molecule is COCCC(=O)NC1CCc2nnc(-c3ccccc3)n2CC1. The number of nitrogens with zero attached hydrogens (tertiary/aromatic N) is 3. The predicted molar refractivity (Wildman–Crippen MR) is 86.8 cm³/mol. The van der Waals surface area contributed by atoms with Gasteiger partial charge in [-0.3, -0.25) is 4.79 Å². The molecule has 2 aromatic rings. The standard InChI is InChI=1S/C17H22N4O2/c1-23-12-10-16(22)18-14-7-8-15-19-20-17(21(15)11-9-14)13-5-3-2-4-6-13/h2-6,14H,7-12H2,1H3,(H,18,22). The fourth-order valence-corrected chi connectivity index (χ4v) is 2.93. The Morgan fingerprint density at radius 2 is 2.13 bits per heavy atom. The first-order valence-corrected chi connectivity index (χ1v) is 8.03. The molecule has 23 heavy (non-hydrogen) atoms. The lowest BCUT2D eigenvalue weighted by molar-refractivity contribution is -0.122. The van der Waals surface area contributed by atoms with Crippen LogP contribution in [0.5, 0.6) is 0 Å². The molecule has 122 valence electrons. The molecule has 1 aromatic heterocycles. The molecule has 0 fully saturated rings. The van der Waals surface area contributed by atoms with Gasteiger partial charge in [-0.1, -0.05) is 30.3 Å². The monoisotopic (exact) mass is 314 g/mol. The van der Waals surface area contributed by atoms with E-state index >= 15 is 0 Å².